The minimum Gasteiger partial charge on any atom is -0.456 e. The fourth-order valence-corrected chi connectivity index (χ4v) is 5.80. The number of aryl methyl sites for hydroxylation is 3. The predicted octanol–water partition coefficient (Wildman–Crippen LogP) is 8.66. The van der Waals surface area contributed by atoms with Gasteiger partial charge in [0.25, 0.3) is 0 Å². The summed E-state index contributed by atoms with van der Waals surface area (Å²) in [6, 6.07) is 24.9. The van der Waals surface area contributed by atoms with Crippen LogP contribution in [0.3, 0.4) is 0 Å². The van der Waals surface area contributed by atoms with Gasteiger partial charge in [-0.05, 0) is 92.8 Å². The summed E-state index contributed by atoms with van der Waals surface area (Å²) in [6.07, 6.45) is 1.84. The van der Waals surface area contributed by atoms with Crippen LogP contribution in [0.4, 0.5) is 4.39 Å². The summed E-state index contributed by atoms with van der Waals surface area (Å²) < 4.78 is 23.9. The van der Waals surface area contributed by atoms with Crippen molar-refractivity contribution in [1.82, 2.24) is 19.1 Å². The lowest BCUT2D eigenvalue weighted by Crippen LogP contribution is -2.24. The second-order valence-electron chi connectivity index (χ2n) is 12.4. The normalized spacial score (nSPS) is 11.9. The van der Waals surface area contributed by atoms with Crippen LogP contribution in [0.25, 0.3) is 44.6 Å². The largest absolute Gasteiger partial charge is 0.456 e. The van der Waals surface area contributed by atoms with Crippen molar-refractivity contribution in [2.75, 3.05) is 0 Å². The lowest BCUT2D eigenvalue weighted by Gasteiger charge is -2.20. The van der Waals surface area contributed by atoms with E-state index in [9.17, 15) is 9.18 Å². The van der Waals surface area contributed by atoms with Gasteiger partial charge in [-0.1, -0.05) is 49.4 Å². The fraction of sp³-hybridized carbons (Fsp3) is 0.270. The number of nitrogens with zero attached hydrogens (tertiary/aromatic N) is 4. The Morgan fingerprint density at radius 1 is 0.909 bits per heavy atom. The molecule has 224 valence electrons. The Labute approximate surface area is 257 Å². The molecular formula is C37H37FN4O2. The van der Waals surface area contributed by atoms with E-state index >= 15 is 0 Å². The van der Waals surface area contributed by atoms with Crippen molar-refractivity contribution in [3.05, 3.63) is 107 Å². The average molecular weight is 589 g/mol. The number of carbonyl (C=O) groups excluding carboxylic acids is 1. The Kier molecular flexibility index (Phi) is 7.58. The molecular weight excluding hydrogens is 551 g/mol. The van der Waals surface area contributed by atoms with Gasteiger partial charge >= 0.3 is 5.97 Å². The van der Waals surface area contributed by atoms with E-state index in [0.717, 1.165) is 74.4 Å². The monoisotopic (exact) mass is 588 g/mol. The minimum absolute atomic E-state index is 0.277. The molecule has 0 amide bonds. The van der Waals surface area contributed by atoms with Crippen LogP contribution in [0.15, 0.2) is 78.9 Å². The molecule has 44 heavy (non-hydrogen) atoms. The zero-order chi connectivity index (χ0) is 31.2. The van der Waals surface area contributed by atoms with E-state index in [4.69, 9.17) is 14.7 Å². The van der Waals surface area contributed by atoms with Crippen LogP contribution in [0.1, 0.15) is 61.4 Å². The third-order valence-electron chi connectivity index (χ3n) is 7.85. The average Bonchev–Trinajstić information content (AvgIpc) is 3.50. The second-order valence-corrected chi connectivity index (χ2v) is 12.4. The number of halogens is 1. The van der Waals surface area contributed by atoms with Crippen LogP contribution in [-0.2, 0) is 24.8 Å². The number of carbonyl (C=O) groups is 1. The molecule has 2 aromatic heterocycles. The van der Waals surface area contributed by atoms with Crippen LogP contribution in [0, 0.1) is 12.7 Å². The molecule has 2 heterocycles. The quantitative estimate of drug-likeness (QED) is 0.175. The first kappa shape index (κ1) is 29.3. The molecule has 6 aromatic rings. The van der Waals surface area contributed by atoms with Crippen molar-refractivity contribution >= 4 is 28.0 Å². The van der Waals surface area contributed by atoms with Crippen molar-refractivity contribution in [1.29, 1.82) is 0 Å². The van der Waals surface area contributed by atoms with Crippen LogP contribution >= 0.6 is 0 Å². The van der Waals surface area contributed by atoms with E-state index in [1.165, 1.54) is 12.1 Å². The summed E-state index contributed by atoms with van der Waals surface area (Å²) in [5.41, 5.74) is 8.47. The van der Waals surface area contributed by atoms with Gasteiger partial charge in [-0.15, -0.1) is 0 Å². The fourth-order valence-electron chi connectivity index (χ4n) is 5.80. The van der Waals surface area contributed by atoms with Gasteiger partial charge in [0.15, 0.2) is 0 Å². The molecule has 0 saturated heterocycles. The highest BCUT2D eigenvalue weighted by Gasteiger charge is 2.21. The van der Waals surface area contributed by atoms with Gasteiger partial charge in [0.05, 0.1) is 27.6 Å². The number of hydrogen-bond acceptors (Lipinski definition) is 4. The standard InChI is InChI=1S/C37H37FN4O2/c1-7-10-33-40-34-23(2)19-26(35-39-30-18-17-27(38)21-31(30)41(35)6)20-32(34)42(33)22-24-13-15-25(16-14-24)28-11-8-9-12-29(28)36(43)44-37(3,4)5/h8-9,11-21H,7,10,22H2,1-6H3. The molecule has 0 aliphatic rings. The number of fused-ring (bicyclic) bond motifs is 2. The summed E-state index contributed by atoms with van der Waals surface area (Å²) in [7, 11) is 1.92. The molecule has 0 saturated carbocycles. The van der Waals surface area contributed by atoms with Gasteiger partial charge in [0.1, 0.15) is 23.1 Å². The number of benzene rings is 4. The Morgan fingerprint density at radius 3 is 2.39 bits per heavy atom. The van der Waals surface area contributed by atoms with Gasteiger partial charge in [-0.2, -0.15) is 0 Å². The number of imidazole rings is 2. The van der Waals surface area contributed by atoms with Crippen molar-refractivity contribution < 1.29 is 13.9 Å². The lowest BCUT2D eigenvalue weighted by molar-refractivity contribution is 0.00704. The highest BCUT2D eigenvalue weighted by molar-refractivity contribution is 5.97. The molecule has 0 bridgehead atoms. The molecule has 0 N–H and O–H groups in total. The number of esters is 1. The van der Waals surface area contributed by atoms with Crippen molar-refractivity contribution in [3.63, 3.8) is 0 Å². The van der Waals surface area contributed by atoms with Crippen LogP contribution in [-0.4, -0.2) is 30.7 Å². The maximum atomic E-state index is 14.0. The summed E-state index contributed by atoms with van der Waals surface area (Å²) in [4.78, 5) is 22.9. The van der Waals surface area contributed by atoms with Crippen molar-refractivity contribution in [2.24, 2.45) is 7.05 Å². The van der Waals surface area contributed by atoms with Gasteiger partial charge < -0.3 is 13.9 Å². The van der Waals surface area contributed by atoms with E-state index in [-0.39, 0.29) is 11.8 Å². The Balaban J connectivity index is 1.38. The van der Waals surface area contributed by atoms with E-state index < -0.39 is 5.60 Å². The third kappa shape index (κ3) is 5.62. The number of rotatable bonds is 7. The first-order valence-electron chi connectivity index (χ1n) is 15.1. The molecule has 0 aliphatic heterocycles. The number of hydrogen-bond donors (Lipinski definition) is 0. The smallest absolute Gasteiger partial charge is 0.339 e. The maximum Gasteiger partial charge on any atom is 0.339 e. The molecule has 6 nitrogen and oxygen atoms in total. The zero-order valence-corrected chi connectivity index (χ0v) is 26.1. The van der Waals surface area contributed by atoms with Gasteiger partial charge in [-0.25, -0.2) is 19.2 Å². The van der Waals surface area contributed by atoms with Crippen LogP contribution < -0.4 is 0 Å². The van der Waals surface area contributed by atoms with Crippen molar-refractivity contribution in [2.45, 2.75) is 59.6 Å². The minimum atomic E-state index is -0.572. The molecule has 7 heteroatoms. The van der Waals surface area contributed by atoms with E-state index in [2.05, 4.69) is 54.8 Å². The van der Waals surface area contributed by atoms with Crippen LogP contribution in [0.2, 0.25) is 0 Å². The Morgan fingerprint density at radius 2 is 1.66 bits per heavy atom. The SMILES string of the molecule is CCCc1nc2c(C)cc(-c3nc4ccc(F)cc4n3C)cc2n1Cc1ccc(-c2ccccc2C(=O)OC(C)(C)C)cc1. The Hall–Kier alpha value is -4.78. The summed E-state index contributed by atoms with van der Waals surface area (Å²) in [5.74, 6) is 1.21. The van der Waals surface area contributed by atoms with Gasteiger partial charge in [0, 0.05) is 25.6 Å². The zero-order valence-electron chi connectivity index (χ0n) is 26.1. The van der Waals surface area contributed by atoms with E-state index in [1.807, 2.05) is 56.7 Å². The van der Waals surface area contributed by atoms with Crippen molar-refractivity contribution in [3.8, 4) is 22.5 Å². The molecule has 4 aromatic carbocycles. The highest BCUT2D eigenvalue weighted by Crippen LogP contribution is 2.32. The molecule has 0 aliphatic carbocycles. The molecule has 0 radical (unpaired) electrons. The summed E-state index contributed by atoms with van der Waals surface area (Å²) >= 11 is 0. The lowest BCUT2D eigenvalue weighted by atomic mass is 9.98. The number of aromatic nitrogens is 4. The van der Waals surface area contributed by atoms with Gasteiger partial charge in [0.2, 0.25) is 0 Å². The molecule has 0 fully saturated rings. The molecule has 6 rings (SSSR count). The van der Waals surface area contributed by atoms with Crippen LogP contribution in [0.5, 0.6) is 0 Å². The predicted molar refractivity (Wildman–Crippen MR) is 174 cm³/mol. The first-order chi connectivity index (χ1) is 21.0. The molecule has 0 spiro atoms. The molecule has 0 unspecified atom stereocenters. The summed E-state index contributed by atoms with van der Waals surface area (Å²) in [5, 5.41) is 0. The van der Waals surface area contributed by atoms with E-state index in [0.29, 0.717) is 12.1 Å². The molecule has 0 atom stereocenters. The Bertz CT molecular complexity index is 2010. The topological polar surface area (TPSA) is 61.9 Å². The van der Waals surface area contributed by atoms with E-state index in [1.54, 1.807) is 6.07 Å². The third-order valence-corrected chi connectivity index (χ3v) is 7.85. The summed E-state index contributed by atoms with van der Waals surface area (Å²) in [6.45, 7) is 10.5. The maximum absolute atomic E-state index is 14.0. The van der Waals surface area contributed by atoms with Gasteiger partial charge in [-0.3, -0.25) is 0 Å². The highest BCUT2D eigenvalue weighted by atomic mass is 19.1. The number of ether oxygens (including phenoxy) is 1. The first-order valence-corrected chi connectivity index (χ1v) is 15.1. The second kappa shape index (κ2) is 11.4.